The fraction of sp³-hybridized carbons (Fsp3) is 0.211. The lowest BCUT2D eigenvalue weighted by molar-refractivity contribution is -0.137. The van der Waals surface area contributed by atoms with Gasteiger partial charge >= 0.3 is 6.18 Å². The van der Waals surface area contributed by atoms with Gasteiger partial charge < -0.3 is 4.90 Å². The second-order valence-corrected chi connectivity index (χ2v) is 6.28. The molecule has 0 unspecified atom stereocenters. The molecule has 0 atom stereocenters. The van der Waals surface area contributed by atoms with Crippen molar-refractivity contribution < 1.29 is 18.0 Å². The molecule has 0 fully saturated rings. The Hall–Kier alpha value is -3.16. The lowest BCUT2D eigenvalue weighted by atomic mass is 10.1. The number of para-hydroxylation sites is 2. The van der Waals surface area contributed by atoms with E-state index in [0.29, 0.717) is 23.4 Å². The highest BCUT2D eigenvalue weighted by Gasteiger charge is 2.37. The molecule has 0 radical (unpaired) electrons. The minimum absolute atomic E-state index is 0.224. The van der Waals surface area contributed by atoms with Crippen LogP contribution in [0.25, 0.3) is 11.0 Å². The topological polar surface area (TPSA) is 49.3 Å². The van der Waals surface area contributed by atoms with Gasteiger partial charge in [0.25, 0.3) is 5.91 Å². The SMILES string of the molecule is CN1CCN(C(=O)c2ccccc2C(F)(F)F)c2nc3ccccc3nc21. The highest BCUT2D eigenvalue weighted by molar-refractivity contribution is 6.08. The van der Waals surface area contributed by atoms with Crippen LogP contribution in [-0.2, 0) is 6.18 Å². The summed E-state index contributed by atoms with van der Waals surface area (Å²) in [7, 11) is 1.81. The third kappa shape index (κ3) is 2.97. The quantitative estimate of drug-likeness (QED) is 0.653. The molecule has 27 heavy (non-hydrogen) atoms. The van der Waals surface area contributed by atoms with Crippen molar-refractivity contribution in [3.63, 3.8) is 0 Å². The van der Waals surface area contributed by atoms with E-state index >= 15 is 0 Å². The van der Waals surface area contributed by atoms with E-state index in [1.54, 1.807) is 18.2 Å². The lowest BCUT2D eigenvalue weighted by Crippen LogP contribution is -2.44. The van der Waals surface area contributed by atoms with E-state index < -0.39 is 23.2 Å². The van der Waals surface area contributed by atoms with E-state index in [0.717, 1.165) is 6.07 Å². The van der Waals surface area contributed by atoms with Crippen LogP contribution < -0.4 is 9.80 Å². The summed E-state index contributed by atoms with van der Waals surface area (Å²) in [6.07, 6.45) is -4.61. The second-order valence-electron chi connectivity index (χ2n) is 6.28. The predicted molar refractivity (Wildman–Crippen MR) is 95.9 cm³/mol. The highest BCUT2D eigenvalue weighted by Crippen LogP contribution is 2.35. The number of amides is 1. The number of nitrogens with zero attached hydrogens (tertiary/aromatic N) is 4. The van der Waals surface area contributed by atoms with Gasteiger partial charge in [0.05, 0.1) is 22.2 Å². The van der Waals surface area contributed by atoms with Crippen molar-refractivity contribution in [1.29, 1.82) is 0 Å². The van der Waals surface area contributed by atoms with Gasteiger partial charge in [-0.25, -0.2) is 9.97 Å². The van der Waals surface area contributed by atoms with Crippen molar-refractivity contribution in [3.8, 4) is 0 Å². The van der Waals surface area contributed by atoms with Crippen LogP contribution in [0, 0.1) is 0 Å². The number of aromatic nitrogens is 2. The molecule has 0 spiro atoms. The Morgan fingerprint density at radius 1 is 0.926 bits per heavy atom. The Morgan fingerprint density at radius 2 is 1.52 bits per heavy atom. The Balaban J connectivity index is 1.84. The van der Waals surface area contributed by atoms with Crippen molar-refractivity contribution in [3.05, 3.63) is 59.7 Å². The van der Waals surface area contributed by atoms with Crippen LogP contribution in [0.3, 0.4) is 0 Å². The minimum atomic E-state index is -4.61. The summed E-state index contributed by atoms with van der Waals surface area (Å²) < 4.78 is 40.0. The van der Waals surface area contributed by atoms with E-state index in [1.807, 2.05) is 18.0 Å². The third-order valence-corrected chi connectivity index (χ3v) is 4.52. The van der Waals surface area contributed by atoms with Gasteiger partial charge in [-0.05, 0) is 24.3 Å². The number of halogens is 3. The van der Waals surface area contributed by atoms with E-state index in [4.69, 9.17) is 0 Å². The lowest BCUT2D eigenvalue weighted by Gasteiger charge is -2.34. The van der Waals surface area contributed by atoms with Gasteiger partial charge in [0.2, 0.25) is 0 Å². The van der Waals surface area contributed by atoms with E-state index in [-0.39, 0.29) is 12.4 Å². The fourth-order valence-electron chi connectivity index (χ4n) is 3.14. The Kier molecular flexibility index (Phi) is 3.98. The maximum absolute atomic E-state index is 13.3. The molecule has 2 aromatic carbocycles. The predicted octanol–water partition coefficient (Wildman–Crippen LogP) is 3.75. The number of anilines is 2. The summed E-state index contributed by atoms with van der Waals surface area (Å²) in [5.74, 6) is 0.00377. The molecular formula is C19H15F3N4O. The maximum atomic E-state index is 13.3. The number of hydrogen-bond acceptors (Lipinski definition) is 4. The normalized spacial score (nSPS) is 14.4. The number of carbonyl (C=O) groups is 1. The first kappa shape index (κ1) is 17.3. The van der Waals surface area contributed by atoms with Crippen LogP contribution in [0.5, 0.6) is 0 Å². The van der Waals surface area contributed by atoms with Gasteiger partial charge in [-0.2, -0.15) is 13.2 Å². The molecule has 0 saturated heterocycles. The number of benzene rings is 2. The van der Waals surface area contributed by atoms with Crippen molar-refractivity contribution >= 4 is 28.6 Å². The van der Waals surface area contributed by atoms with Gasteiger partial charge in [0.15, 0.2) is 11.6 Å². The molecule has 0 N–H and O–H groups in total. The van der Waals surface area contributed by atoms with Crippen LogP contribution in [0.15, 0.2) is 48.5 Å². The van der Waals surface area contributed by atoms with Crippen LogP contribution >= 0.6 is 0 Å². The number of alkyl halides is 3. The molecule has 138 valence electrons. The summed E-state index contributed by atoms with van der Waals surface area (Å²) in [6.45, 7) is 0.668. The summed E-state index contributed by atoms with van der Waals surface area (Å²) in [6, 6.07) is 12.0. The molecule has 1 aliphatic heterocycles. The smallest absolute Gasteiger partial charge is 0.355 e. The summed E-state index contributed by atoms with van der Waals surface area (Å²) in [4.78, 5) is 25.2. The van der Waals surface area contributed by atoms with E-state index in [2.05, 4.69) is 9.97 Å². The Morgan fingerprint density at radius 3 is 2.19 bits per heavy atom. The van der Waals surface area contributed by atoms with Crippen molar-refractivity contribution in [2.75, 3.05) is 29.9 Å². The van der Waals surface area contributed by atoms with Crippen LogP contribution in [-0.4, -0.2) is 36.0 Å². The van der Waals surface area contributed by atoms with Gasteiger partial charge in [-0.3, -0.25) is 9.69 Å². The van der Waals surface area contributed by atoms with Gasteiger partial charge in [-0.15, -0.1) is 0 Å². The van der Waals surface area contributed by atoms with Crippen LogP contribution in [0.2, 0.25) is 0 Å². The van der Waals surface area contributed by atoms with Gasteiger partial charge in [-0.1, -0.05) is 24.3 Å². The second kappa shape index (κ2) is 6.22. The van der Waals surface area contributed by atoms with Crippen LogP contribution in [0.4, 0.5) is 24.8 Å². The molecule has 0 aliphatic carbocycles. The Bertz CT molecular complexity index is 1030. The zero-order chi connectivity index (χ0) is 19.2. The summed E-state index contributed by atoms with van der Waals surface area (Å²) in [5, 5.41) is 0. The minimum Gasteiger partial charge on any atom is -0.355 e. The Labute approximate surface area is 153 Å². The number of fused-ring (bicyclic) bond motifs is 2. The monoisotopic (exact) mass is 372 g/mol. The third-order valence-electron chi connectivity index (χ3n) is 4.52. The van der Waals surface area contributed by atoms with Gasteiger partial charge in [0, 0.05) is 20.1 Å². The zero-order valence-electron chi connectivity index (χ0n) is 14.4. The molecule has 1 aliphatic rings. The average molecular weight is 372 g/mol. The first-order valence-electron chi connectivity index (χ1n) is 8.32. The van der Waals surface area contributed by atoms with E-state index in [9.17, 15) is 18.0 Å². The standard InChI is InChI=1S/C19H15F3N4O/c1-25-10-11-26(17-16(25)23-14-8-4-5-9-15(14)24-17)18(27)12-6-2-3-7-13(12)19(20,21)22/h2-9H,10-11H2,1H3. The molecule has 8 heteroatoms. The number of rotatable bonds is 1. The first-order chi connectivity index (χ1) is 12.9. The fourth-order valence-corrected chi connectivity index (χ4v) is 3.14. The molecular weight excluding hydrogens is 357 g/mol. The number of carbonyl (C=O) groups excluding carboxylic acids is 1. The van der Waals surface area contributed by atoms with Crippen LogP contribution in [0.1, 0.15) is 15.9 Å². The number of likely N-dealkylation sites (N-methyl/N-ethyl adjacent to an activating group) is 1. The van der Waals surface area contributed by atoms with Crippen molar-refractivity contribution in [2.45, 2.75) is 6.18 Å². The molecule has 2 heterocycles. The average Bonchev–Trinajstić information content (AvgIpc) is 2.66. The first-order valence-corrected chi connectivity index (χ1v) is 8.32. The molecule has 1 amide bonds. The molecule has 0 bridgehead atoms. The van der Waals surface area contributed by atoms with E-state index in [1.165, 1.54) is 23.1 Å². The largest absolute Gasteiger partial charge is 0.417 e. The number of hydrogen-bond donors (Lipinski definition) is 0. The molecule has 3 aromatic rings. The molecule has 1 aromatic heterocycles. The highest BCUT2D eigenvalue weighted by atomic mass is 19.4. The summed E-state index contributed by atoms with van der Waals surface area (Å²) >= 11 is 0. The molecule has 0 saturated carbocycles. The van der Waals surface area contributed by atoms with Crippen molar-refractivity contribution in [1.82, 2.24) is 9.97 Å². The molecule has 4 rings (SSSR count). The maximum Gasteiger partial charge on any atom is 0.417 e. The summed E-state index contributed by atoms with van der Waals surface area (Å²) in [5.41, 5.74) is -0.110. The molecule has 5 nitrogen and oxygen atoms in total. The zero-order valence-corrected chi connectivity index (χ0v) is 14.4. The van der Waals surface area contributed by atoms with Crippen molar-refractivity contribution in [2.24, 2.45) is 0 Å². The van der Waals surface area contributed by atoms with Gasteiger partial charge in [0.1, 0.15) is 0 Å².